The minimum atomic E-state index is -0.474. The molecule has 0 aliphatic carbocycles. The number of imidazole rings is 2. The van der Waals surface area contributed by atoms with E-state index in [0.717, 1.165) is 9.13 Å². The molecular weight excluding hydrogens is 520 g/mol. The van der Waals surface area contributed by atoms with Crippen LogP contribution in [0.15, 0.2) is 53.6 Å². The van der Waals surface area contributed by atoms with E-state index in [1.807, 2.05) is 24.3 Å². The van der Waals surface area contributed by atoms with Crippen LogP contribution in [0.2, 0.25) is 0 Å². The lowest BCUT2D eigenvalue weighted by molar-refractivity contribution is 0.705. The zero-order valence-corrected chi connectivity index (χ0v) is 22.6. The zero-order chi connectivity index (χ0) is 28.9. The Kier molecular flexibility index (Phi) is 6.29. The van der Waals surface area contributed by atoms with E-state index >= 15 is 0 Å². The quantitative estimate of drug-likeness (QED) is 0.205. The number of rotatable bonds is 6. The predicted molar refractivity (Wildman–Crippen MR) is 151 cm³/mol. The molecule has 2 N–H and O–H groups in total. The lowest BCUT2D eigenvalue weighted by Gasteiger charge is -2.04. The van der Waals surface area contributed by atoms with Gasteiger partial charge in [0.15, 0.2) is 22.3 Å². The van der Waals surface area contributed by atoms with Gasteiger partial charge in [-0.05, 0) is 0 Å². The van der Waals surface area contributed by atoms with E-state index in [1.165, 1.54) is 32.4 Å². The first kappa shape index (κ1) is 26.1. The van der Waals surface area contributed by atoms with Gasteiger partial charge in [-0.25, -0.2) is 20.4 Å². The molecule has 16 nitrogen and oxygen atoms in total. The zero-order valence-electron chi connectivity index (χ0n) is 22.6. The molecule has 0 bridgehead atoms. The summed E-state index contributed by atoms with van der Waals surface area (Å²) < 4.78 is 7.71. The van der Waals surface area contributed by atoms with Gasteiger partial charge in [0.2, 0.25) is 11.9 Å². The number of aryl methyl sites for hydroxylation is 4. The van der Waals surface area contributed by atoms with Crippen LogP contribution in [-0.4, -0.2) is 49.8 Å². The third-order valence-electron chi connectivity index (χ3n) is 6.68. The Bertz CT molecular complexity index is 1970. The second kappa shape index (κ2) is 9.64. The van der Waals surface area contributed by atoms with Gasteiger partial charge in [0.05, 0.1) is 12.4 Å². The topological polar surface area (TPSA) is 172 Å². The van der Waals surface area contributed by atoms with Gasteiger partial charge < -0.3 is 9.13 Å². The van der Waals surface area contributed by atoms with Gasteiger partial charge in [0.25, 0.3) is 11.1 Å². The van der Waals surface area contributed by atoms with Crippen LogP contribution in [0, 0.1) is 0 Å². The van der Waals surface area contributed by atoms with Crippen LogP contribution in [0.3, 0.4) is 0 Å². The summed E-state index contributed by atoms with van der Waals surface area (Å²) in [5.41, 5.74) is 6.22. The van der Waals surface area contributed by atoms with Crippen molar-refractivity contribution >= 4 is 46.7 Å². The largest absolute Gasteiger partial charge is 0.332 e. The number of nitrogens with one attached hydrogen (secondary N) is 2. The molecule has 0 atom stereocenters. The van der Waals surface area contributed by atoms with Crippen molar-refractivity contribution in [2.45, 2.75) is 0 Å². The number of nitrogens with zero attached hydrogens (tertiary/aromatic N) is 10. The molecule has 0 saturated heterocycles. The number of anilines is 2. The van der Waals surface area contributed by atoms with E-state index in [1.54, 1.807) is 40.6 Å². The molecule has 0 saturated carbocycles. The van der Waals surface area contributed by atoms with Crippen LogP contribution in [0.25, 0.3) is 22.3 Å². The van der Waals surface area contributed by atoms with Crippen LogP contribution < -0.4 is 33.3 Å². The van der Waals surface area contributed by atoms with Crippen molar-refractivity contribution in [1.29, 1.82) is 0 Å². The number of benzene rings is 1. The molecule has 5 rings (SSSR count). The second-order valence-corrected chi connectivity index (χ2v) is 9.11. The number of aromatic nitrogens is 8. The average Bonchev–Trinajstić information content (AvgIpc) is 3.45. The Morgan fingerprint density at radius 3 is 1.35 bits per heavy atom. The molecule has 0 unspecified atom stereocenters. The third-order valence-corrected chi connectivity index (χ3v) is 6.68. The van der Waals surface area contributed by atoms with E-state index < -0.39 is 22.5 Å². The average molecular weight is 547 g/mol. The van der Waals surface area contributed by atoms with Crippen molar-refractivity contribution in [3.8, 4) is 0 Å². The maximum absolute atomic E-state index is 12.6. The van der Waals surface area contributed by atoms with E-state index in [-0.39, 0.29) is 34.2 Å². The van der Waals surface area contributed by atoms with Gasteiger partial charge in [0.1, 0.15) is 0 Å². The van der Waals surface area contributed by atoms with Crippen LogP contribution >= 0.6 is 0 Å². The van der Waals surface area contributed by atoms with Gasteiger partial charge >= 0.3 is 11.4 Å². The molecule has 0 amide bonds. The highest BCUT2D eigenvalue weighted by atomic mass is 16.2. The smallest absolute Gasteiger partial charge is 0.306 e. The summed E-state index contributed by atoms with van der Waals surface area (Å²) in [6.07, 6.45) is 3.12. The molecule has 40 heavy (non-hydrogen) atoms. The second-order valence-electron chi connectivity index (χ2n) is 9.11. The monoisotopic (exact) mass is 546 g/mol. The van der Waals surface area contributed by atoms with E-state index in [4.69, 9.17) is 0 Å². The summed E-state index contributed by atoms with van der Waals surface area (Å²) in [5, 5.41) is 8.51. The summed E-state index contributed by atoms with van der Waals surface area (Å²) in [4.78, 5) is 58.3. The standard InChI is InChI=1S/C24H26N12O4/c1-31-15-17(33(3)23(39)35(5)19(15)37)27-21(31)29-25-11-13-9-7-8-10-14(13)12-26-30-22-28-18-16(32(22)2)20(38)36(6)24(40)34(18)4/h7-12H,1-6H3,(H,27,29)(H,28,30). The predicted octanol–water partition coefficient (Wildman–Crippen LogP) is -0.853. The fourth-order valence-corrected chi connectivity index (χ4v) is 4.30. The van der Waals surface area contributed by atoms with Gasteiger partial charge in [-0.2, -0.15) is 20.2 Å². The SMILES string of the molecule is Cn1c(=O)c2c(nc(NN=Cc3ccccc3C=NNc3nc4c(c(=O)n(C)c(=O)n4C)n3C)n2C)n(C)c1=O. The first-order valence-electron chi connectivity index (χ1n) is 11.9. The van der Waals surface area contributed by atoms with Gasteiger partial charge in [-0.15, -0.1) is 0 Å². The van der Waals surface area contributed by atoms with Crippen molar-refractivity contribution in [2.24, 2.45) is 52.5 Å². The molecule has 1 aromatic carbocycles. The highest BCUT2D eigenvalue weighted by Crippen LogP contribution is 2.14. The summed E-state index contributed by atoms with van der Waals surface area (Å²) in [7, 11) is 9.22. The summed E-state index contributed by atoms with van der Waals surface area (Å²) in [6.45, 7) is 0. The molecule has 0 fully saturated rings. The van der Waals surface area contributed by atoms with Crippen molar-refractivity contribution in [2.75, 3.05) is 10.9 Å². The molecule has 0 spiro atoms. The fraction of sp³-hybridized carbons (Fsp3) is 0.250. The Balaban J connectivity index is 1.39. The summed E-state index contributed by atoms with van der Waals surface area (Å²) >= 11 is 0. The Labute approximate surface area is 224 Å². The van der Waals surface area contributed by atoms with E-state index in [9.17, 15) is 19.2 Å². The van der Waals surface area contributed by atoms with Gasteiger partial charge in [0, 0.05) is 53.4 Å². The molecule has 0 aliphatic rings. The lowest BCUT2D eigenvalue weighted by Crippen LogP contribution is -2.37. The Morgan fingerprint density at radius 2 is 0.975 bits per heavy atom. The number of hydrogen-bond donors (Lipinski definition) is 2. The van der Waals surface area contributed by atoms with Gasteiger partial charge in [-0.3, -0.25) is 27.9 Å². The van der Waals surface area contributed by atoms with Gasteiger partial charge in [-0.1, -0.05) is 24.3 Å². The van der Waals surface area contributed by atoms with E-state index in [2.05, 4.69) is 31.0 Å². The van der Waals surface area contributed by atoms with E-state index in [0.29, 0.717) is 11.1 Å². The van der Waals surface area contributed by atoms with Crippen LogP contribution in [0.1, 0.15) is 11.1 Å². The minimum Gasteiger partial charge on any atom is -0.306 e. The number of fused-ring (bicyclic) bond motifs is 2. The minimum absolute atomic E-state index is 0.242. The molecular formula is C24H26N12O4. The lowest BCUT2D eigenvalue weighted by atomic mass is 10.1. The molecule has 206 valence electrons. The van der Waals surface area contributed by atoms with Crippen molar-refractivity contribution in [3.63, 3.8) is 0 Å². The molecule has 5 aromatic rings. The summed E-state index contributed by atoms with van der Waals surface area (Å²) in [5.74, 6) is 0.555. The van der Waals surface area contributed by atoms with Crippen LogP contribution in [0.5, 0.6) is 0 Å². The first-order valence-corrected chi connectivity index (χ1v) is 11.9. The van der Waals surface area contributed by atoms with Crippen molar-refractivity contribution in [1.82, 2.24) is 37.4 Å². The highest BCUT2D eigenvalue weighted by Gasteiger charge is 2.18. The number of hydrazone groups is 2. The normalized spacial score (nSPS) is 11.9. The molecule has 0 aliphatic heterocycles. The summed E-state index contributed by atoms with van der Waals surface area (Å²) in [6, 6.07) is 7.33. The van der Waals surface area contributed by atoms with Crippen LogP contribution in [-0.2, 0) is 42.3 Å². The van der Waals surface area contributed by atoms with Crippen molar-refractivity contribution < 1.29 is 0 Å². The maximum atomic E-state index is 12.6. The van der Waals surface area contributed by atoms with Crippen LogP contribution in [0.4, 0.5) is 11.9 Å². The van der Waals surface area contributed by atoms with Crippen molar-refractivity contribution in [3.05, 3.63) is 77.1 Å². The molecule has 4 heterocycles. The molecule has 4 aromatic heterocycles. The highest BCUT2D eigenvalue weighted by molar-refractivity contribution is 5.94. The Morgan fingerprint density at radius 1 is 0.600 bits per heavy atom. The third kappa shape index (κ3) is 4.01. The fourth-order valence-electron chi connectivity index (χ4n) is 4.30. The molecule has 0 radical (unpaired) electrons. The number of hydrogen-bond acceptors (Lipinski definition) is 10. The Hall–Kier alpha value is -5.54. The first-order chi connectivity index (χ1) is 19.0. The maximum Gasteiger partial charge on any atom is 0.332 e. The molecule has 16 heteroatoms.